The molecule has 0 amide bonds. The van der Waals surface area contributed by atoms with Crippen LogP contribution in [0, 0.1) is 0 Å². The first-order valence-electron chi connectivity index (χ1n) is 7.25. The fourth-order valence-electron chi connectivity index (χ4n) is 1.69. The van der Waals surface area contributed by atoms with E-state index in [-0.39, 0.29) is 41.9 Å². The molecule has 0 aromatic rings. The van der Waals surface area contributed by atoms with E-state index in [9.17, 15) is 9.90 Å². The second kappa shape index (κ2) is 15.3. The summed E-state index contributed by atoms with van der Waals surface area (Å²) < 4.78 is 0. The summed E-state index contributed by atoms with van der Waals surface area (Å²) in [6, 6.07) is -0.939. The summed E-state index contributed by atoms with van der Waals surface area (Å²) in [6.45, 7) is 5.09. The number of carboxylic acids is 1. The van der Waals surface area contributed by atoms with Crippen LogP contribution < -0.4 is 40.0 Å². The first kappa shape index (κ1) is 22.2. The molecule has 0 aliphatic heterocycles. The predicted octanol–water partition coefficient (Wildman–Crippen LogP) is -1.44. The Morgan fingerprint density at radius 2 is 1.80 bits per heavy atom. The Morgan fingerprint density at radius 1 is 1.20 bits per heavy atom. The summed E-state index contributed by atoms with van der Waals surface area (Å²) in [5.74, 6) is -1.40. The van der Waals surface area contributed by atoms with Gasteiger partial charge in [-0.05, 0) is 38.8 Å². The van der Waals surface area contributed by atoms with Crippen LogP contribution in [-0.4, -0.2) is 36.1 Å². The third-order valence-corrected chi connectivity index (χ3v) is 2.92. The van der Waals surface area contributed by atoms with Crippen LogP contribution in [0.1, 0.15) is 58.8 Å². The largest absolute Gasteiger partial charge is 1.00 e. The van der Waals surface area contributed by atoms with Crippen molar-refractivity contribution in [1.82, 2.24) is 5.32 Å². The smallest absolute Gasteiger partial charge is 0.862 e. The van der Waals surface area contributed by atoms with Gasteiger partial charge in [-0.25, -0.2) is 4.79 Å². The van der Waals surface area contributed by atoms with Crippen molar-refractivity contribution in [2.45, 2.75) is 64.8 Å². The zero-order valence-corrected chi connectivity index (χ0v) is 15.2. The summed E-state index contributed by atoms with van der Waals surface area (Å²) in [4.78, 5) is 14.1. The average Bonchev–Trinajstić information content (AvgIpc) is 2.36. The number of unbranched alkanes of at least 4 members (excludes halogenated alkanes) is 5. The van der Waals surface area contributed by atoms with Gasteiger partial charge < -0.3 is 15.5 Å². The quantitative estimate of drug-likeness (QED) is 0.200. The van der Waals surface area contributed by atoms with Crippen LogP contribution in [0.5, 0.6) is 0 Å². The maximum Gasteiger partial charge on any atom is 1.00 e. The van der Waals surface area contributed by atoms with Crippen molar-refractivity contribution in [1.29, 1.82) is 0 Å². The van der Waals surface area contributed by atoms with Gasteiger partial charge in [0.2, 0.25) is 0 Å². The molecule has 20 heavy (non-hydrogen) atoms. The summed E-state index contributed by atoms with van der Waals surface area (Å²) >= 11 is 0. The maximum atomic E-state index is 11.3. The Morgan fingerprint density at radius 3 is 2.40 bits per heavy atom. The molecule has 0 spiro atoms. The minimum atomic E-state index is -1.06. The molecule has 0 saturated carbocycles. The van der Waals surface area contributed by atoms with Crippen LogP contribution in [0.2, 0.25) is 0 Å². The molecule has 0 heterocycles. The molecule has 6 heteroatoms. The SMILES string of the molecule is CCCCCCCCNCCC([O-])=N[C@@H](C)C(=O)O.[Na+]. The van der Waals surface area contributed by atoms with E-state index in [2.05, 4.69) is 17.2 Å². The van der Waals surface area contributed by atoms with E-state index in [0.717, 1.165) is 13.0 Å². The van der Waals surface area contributed by atoms with Gasteiger partial charge in [0.05, 0.1) is 0 Å². The number of rotatable bonds is 12. The standard InChI is InChI=1S/C14H28N2O3.Na/c1-3-4-5-6-7-8-10-15-11-9-13(17)16-12(2)14(18)19;/h12,15H,3-11H2,1-2H3,(H,16,17)(H,18,19);/q;+1/p-1/t12-;/m0./s1. The Balaban J connectivity index is 0. The van der Waals surface area contributed by atoms with Crippen LogP contribution in [0.25, 0.3) is 0 Å². The van der Waals surface area contributed by atoms with Crippen LogP contribution >= 0.6 is 0 Å². The van der Waals surface area contributed by atoms with E-state index in [1.54, 1.807) is 0 Å². The number of nitrogens with zero attached hydrogens (tertiary/aromatic N) is 1. The van der Waals surface area contributed by atoms with E-state index in [1.807, 2.05) is 0 Å². The third-order valence-electron chi connectivity index (χ3n) is 2.92. The van der Waals surface area contributed by atoms with Gasteiger partial charge in [0.25, 0.3) is 0 Å². The fourth-order valence-corrected chi connectivity index (χ4v) is 1.69. The minimum absolute atomic E-state index is 0. The first-order chi connectivity index (χ1) is 9.07. The van der Waals surface area contributed by atoms with Crippen LogP contribution in [0.15, 0.2) is 4.99 Å². The van der Waals surface area contributed by atoms with Crippen LogP contribution in [0.4, 0.5) is 0 Å². The van der Waals surface area contributed by atoms with E-state index in [1.165, 1.54) is 39.0 Å². The molecular weight excluding hydrogens is 267 g/mol. The molecular formula is C14H27N2NaO3. The molecule has 1 atom stereocenters. The Bertz CT molecular complexity index is 273. The normalized spacial score (nSPS) is 12.8. The zero-order valence-electron chi connectivity index (χ0n) is 13.2. The number of hydrogen-bond donors (Lipinski definition) is 2. The molecule has 0 aromatic heterocycles. The Hall–Kier alpha value is -0.100. The second-order valence-electron chi connectivity index (χ2n) is 4.80. The molecule has 0 aliphatic rings. The van der Waals surface area contributed by atoms with Crippen molar-refractivity contribution < 1.29 is 44.6 Å². The first-order valence-corrected chi connectivity index (χ1v) is 7.25. The molecule has 0 aliphatic carbocycles. The molecule has 0 unspecified atom stereocenters. The van der Waals surface area contributed by atoms with Gasteiger partial charge in [-0.15, -0.1) is 0 Å². The van der Waals surface area contributed by atoms with Crippen molar-refractivity contribution in [3.63, 3.8) is 0 Å². The molecule has 112 valence electrons. The van der Waals surface area contributed by atoms with Crippen LogP contribution in [0.3, 0.4) is 0 Å². The molecule has 0 saturated heterocycles. The van der Waals surface area contributed by atoms with Gasteiger partial charge in [-0.3, -0.25) is 4.99 Å². The minimum Gasteiger partial charge on any atom is -0.862 e. The summed E-state index contributed by atoms with van der Waals surface area (Å²) in [6.07, 6.45) is 7.78. The molecule has 0 bridgehead atoms. The monoisotopic (exact) mass is 294 g/mol. The predicted molar refractivity (Wildman–Crippen MR) is 75.4 cm³/mol. The van der Waals surface area contributed by atoms with E-state index in [0.29, 0.717) is 6.54 Å². The van der Waals surface area contributed by atoms with Crippen molar-refractivity contribution in [2.24, 2.45) is 4.99 Å². The van der Waals surface area contributed by atoms with Crippen LogP contribution in [-0.2, 0) is 4.79 Å². The van der Waals surface area contributed by atoms with Gasteiger partial charge in [0.15, 0.2) is 0 Å². The molecule has 0 rings (SSSR count). The van der Waals surface area contributed by atoms with E-state index < -0.39 is 12.0 Å². The zero-order chi connectivity index (χ0) is 14.5. The Labute approximate surface area is 144 Å². The van der Waals surface area contributed by atoms with Gasteiger partial charge in [-0.1, -0.05) is 39.0 Å². The molecule has 0 radical (unpaired) electrons. The topological polar surface area (TPSA) is 84.8 Å². The summed E-state index contributed by atoms with van der Waals surface area (Å²) in [7, 11) is 0. The number of aliphatic imine (C=N–C) groups is 1. The van der Waals surface area contributed by atoms with Gasteiger partial charge in [0.1, 0.15) is 6.04 Å². The molecule has 0 fully saturated rings. The van der Waals surface area contributed by atoms with E-state index >= 15 is 0 Å². The fraction of sp³-hybridized carbons (Fsp3) is 0.857. The Kier molecular flexibility index (Phi) is 17.0. The third kappa shape index (κ3) is 14.3. The molecule has 2 N–H and O–H groups in total. The van der Waals surface area contributed by atoms with Gasteiger partial charge in [0, 0.05) is 0 Å². The molecule has 5 nitrogen and oxygen atoms in total. The van der Waals surface area contributed by atoms with Crippen molar-refractivity contribution in [2.75, 3.05) is 13.1 Å². The number of aliphatic carboxylic acids is 1. The average molecular weight is 294 g/mol. The van der Waals surface area contributed by atoms with E-state index in [4.69, 9.17) is 5.11 Å². The number of carboxylic acid groups (broad SMARTS) is 1. The number of hydrogen-bond acceptors (Lipinski definition) is 4. The van der Waals surface area contributed by atoms with Gasteiger partial charge in [-0.2, -0.15) is 0 Å². The number of nitrogens with one attached hydrogen (secondary N) is 1. The summed E-state index contributed by atoms with van der Waals surface area (Å²) in [5, 5.41) is 23.1. The number of carbonyl (C=O) groups is 1. The maximum absolute atomic E-state index is 11.3. The summed E-state index contributed by atoms with van der Waals surface area (Å²) in [5.41, 5.74) is 0. The molecule has 0 aromatic carbocycles. The van der Waals surface area contributed by atoms with Crippen molar-refractivity contribution in [3.05, 3.63) is 0 Å². The van der Waals surface area contributed by atoms with Crippen molar-refractivity contribution >= 4 is 11.9 Å². The van der Waals surface area contributed by atoms with Gasteiger partial charge >= 0.3 is 35.5 Å². The second-order valence-corrected chi connectivity index (χ2v) is 4.80. The van der Waals surface area contributed by atoms with Crippen molar-refractivity contribution in [3.8, 4) is 0 Å².